The summed E-state index contributed by atoms with van der Waals surface area (Å²) in [6, 6.07) is 0. The molecule has 2 nitrogen and oxygen atoms in total. The minimum Gasteiger partial charge on any atom is -0.274 e. The molecule has 0 fully saturated rings. The Balaban J connectivity index is 0. The van der Waals surface area contributed by atoms with Gasteiger partial charge in [0.1, 0.15) is 5.84 Å². The lowest BCUT2D eigenvalue weighted by molar-refractivity contribution is 1.31. The molecular formula is C8H18N2. The van der Waals surface area contributed by atoms with Gasteiger partial charge in [0.2, 0.25) is 0 Å². The van der Waals surface area contributed by atoms with Gasteiger partial charge >= 0.3 is 0 Å². The zero-order valence-corrected chi connectivity index (χ0v) is 7.68. The number of hydrogen-bond donors (Lipinski definition) is 0. The van der Waals surface area contributed by atoms with Crippen LogP contribution in [0.25, 0.3) is 0 Å². The molecule has 0 saturated heterocycles. The van der Waals surface area contributed by atoms with Gasteiger partial charge in [0, 0.05) is 13.3 Å². The van der Waals surface area contributed by atoms with Crippen LogP contribution in [0.4, 0.5) is 0 Å². The first-order chi connectivity index (χ1) is 4.81. The van der Waals surface area contributed by atoms with Crippen molar-refractivity contribution in [3.8, 4) is 0 Å². The number of aliphatic imine (C=N–C) groups is 2. The van der Waals surface area contributed by atoms with E-state index in [-0.39, 0.29) is 0 Å². The van der Waals surface area contributed by atoms with E-state index in [1.54, 1.807) is 7.05 Å². The van der Waals surface area contributed by atoms with Crippen LogP contribution in [0.3, 0.4) is 0 Å². The molecule has 10 heavy (non-hydrogen) atoms. The topological polar surface area (TPSA) is 24.7 Å². The van der Waals surface area contributed by atoms with Gasteiger partial charge in [0.25, 0.3) is 0 Å². The van der Waals surface area contributed by atoms with Gasteiger partial charge in [-0.1, -0.05) is 20.8 Å². The van der Waals surface area contributed by atoms with E-state index in [2.05, 4.69) is 9.98 Å². The summed E-state index contributed by atoms with van der Waals surface area (Å²) in [5.74, 6) is 0.840. The van der Waals surface area contributed by atoms with E-state index in [1.807, 2.05) is 33.9 Å². The Morgan fingerprint density at radius 1 is 1.40 bits per heavy atom. The van der Waals surface area contributed by atoms with Crippen LogP contribution in [0.5, 0.6) is 0 Å². The van der Waals surface area contributed by atoms with Gasteiger partial charge in [-0.3, -0.25) is 4.99 Å². The summed E-state index contributed by atoms with van der Waals surface area (Å²) in [7, 11) is 1.74. The van der Waals surface area contributed by atoms with Crippen LogP contribution in [0.1, 0.15) is 34.1 Å². The molecule has 0 aromatic heterocycles. The lowest BCUT2D eigenvalue weighted by Crippen LogP contribution is -1.83. The standard InChI is InChI=1S/C6H12N2.C2H6/c1-4-5-8-6(2)7-3;1-2/h5H,4H2,1-3H3;1-2H3. The van der Waals surface area contributed by atoms with Gasteiger partial charge in [-0.05, 0) is 13.3 Å². The smallest absolute Gasteiger partial charge is 0.119 e. The highest BCUT2D eigenvalue weighted by molar-refractivity contribution is 5.87. The van der Waals surface area contributed by atoms with E-state index >= 15 is 0 Å². The normalized spacial score (nSPS) is 11.1. The number of hydrogen-bond acceptors (Lipinski definition) is 1. The second-order valence-corrected chi connectivity index (χ2v) is 1.49. The van der Waals surface area contributed by atoms with Crippen molar-refractivity contribution in [1.82, 2.24) is 0 Å². The zero-order valence-electron chi connectivity index (χ0n) is 7.68. The third-order valence-electron chi connectivity index (χ3n) is 0.784. The molecule has 0 aromatic rings. The van der Waals surface area contributed by atoms with Crippen molar-refractivity contribution in [2.75, 3.05) is 7.05 Å². The first kappa shape index (κ1) is 12.1. The van der Waals surface area contributed by atoms with Crippen molar-refractivity contribution in [2.45, 2.75) is 34.1 Å². The maximum atomic E-state index is 3.99. The van der Waals surface area contributed by atoms with Crippen LogP contribution >= 0.6 is 0 Å². The van der Waals surface area contributed by atoms with Gasteiger partial charge < -0.3 is 0 Å². The fourth-order valence-electron chi connectivity index (χ4n) is 0.281. The largest absolute Gasteiger partial charge is 0.274 e. The van der Waals surface area contributed by atoms with E-state index in [0.29, 0.717) is 0 Å². The molecule has 60 valence electrons. The first-order valence-corrected chi connectivity index (χ1v) is 3.77. The number of amidine groups is 1. The lowest BCUT2D eigenvalue weighted by Gasteiger charge is -1.83. The minimum atomic E-state index is 0.840. The highest BCUT2D eigenvalue weighted by Gasteiger charge is 1.74. The Morgan fingerprint density at radius 2 is 1.90 bits per heavy atom. The highest BCUT2D eigenvalue weighted by atomic mass is 14.9. The monoisotopic (exact) mass is 142 g/mol. The summed E-state index contributed by atoms with van der Waals surface area (Å²) < 4.78 is 0. The average Bonchev–Trinajstić information content (AvgIpc) is 2.04. The first-order valence-electron chi connectivity index (χ1n) is 3.77. The van der Waals surface area contributed by atoms with Crippen LogP contribution in [0, 0.1) is 0 Å². The number of rotatable bonds is 1. The van der Waals surface area contributed by atoms with Gasteiger partial charge in [-0.15, -0.1) is 0 Å². The maximum Gasteiger partial charge on any atom is 0.119 e. The molecule has 0 saturated carbocycles. The fraction of sp³-hybridized carbons (Fsp3) is 0.750. The summed E-state index contributed by atoms with van der Waals surface area (Å²) >= 11 is 0. The molecule has 0 aliphatic rings. The molecule has 0 rings (SSSR count). The molecule has 0 N–H and O–H groups in total. The van der Waals surface area contributed by atoms with Crippen molar-refractivity contribution in [3.63, 3.8) is 0 Å². The van der Waals surface area contributed by atoms with Crippen LogP contribution < -0.4 is 0 Å². The zero-order chi connectivity index (χ0) is 8.41. The molecular weight excluding hydrogens is 124 g/mol. The molecule has 0 aromatic carbocycles. The van der Waals surface area contributed by atoms with E-state index in [0.717, 1.165) is 12.3 Å². The second kappa shape index (κ2) is 11.2. The van der Waals surface area contributed by atoms with Crippen molar-refractivity contribution < 1.29 is 0 Å². The van der Waals surface area contributed by atoms with E-state index < -0.39 is 0 Å². The molecule has 0 aliphatic carbocycles. The quantitative estimate of drug-likeness (QED) is 0.397. The molecule has 0 bridgehead atoms. The van der Waals surface area contributed by atoms with Crippen LogP contribution in [-0.4, -0.2) is 19.1 Å². The molecule has 0 aliphatic heterocycles. The fourth-order valence-corrected chi connectivity index (χ4v) is 0.281. The molecule has 0 unspecified atom stereocenters. The number of nitrogens with zero attached hydrogens (tertiary/aromatic N) is 2. The van der Waals surface area contributed by atoms with Crippen molar-refractivity contribution in [1.29, 1.82) is 0 Å². The molecule has 0 spiro atoms. The van der Waals surface area contributed by atoms with Crippen LogP contribution in [-0.2, 0) is 0 Å². The second-order valence-electron chi connectivity index (χ2n) is 1.49. The average molecular weight is 142 g/mol. The molecule has 0 atom stereocenters. The SMILES string of the molecule is CC.CCC=NC(C)=NC. The summed E-state index contributed by atoms with van der Waals surface area (Å²) in [5.41, 5.74) is 0. The molecule has 0 amide bonds. The van der Waals surface area contributed by atoms with Gasteiger partial charge in [-0.2, -0.15) is 0 Å². The third kappa shape index (κ3) is 10.3. The van der Waals surface area contributed by atoms with Crippen LogP contribution in [0.15, 0.2) is 9.98 Å². The van der Waals surface area contributed by atoms with E-state index in [1.165, 1.54) is 0 Å². The summed E-state index contributed by atoms with van der Waals surface area (Å²) in [5, 5.41) is 0. The van der Waals surface area contributed by atoms with Gasteiger partial charge in [0.15, 0.2) is 0 Å². The predicted octanol–water partition coefficient (Wildman–Crippen LogP) is 2.54. The summed E-state index contributed by atoms with van der Waals surface area (Å²) in [6.45, 7) is 7.93. The maximum absolute atomic E-state index is 3.99. The molecule has 0 radical (unpaired) electrons. The Labute approximate surface area is 64.1 Å². The molecule has 2 heteroatoms. The van der Waals surface area contributed by atoms with Crippen molar-refractivity contribution >= 4 is 12.1 Å². The Hall–Kier alpha value is -0.660. The Morgan fingerprint density at radius 3 is 2.20 bits per heavy atom. The van der Waals surface area contributed by atoms with Crippen molar-refractivity contribution in [2.24, 2.45) is 9.98 Å². The van der Waals surface area contributed by atoms with E-state index in [9.17, 15) is 0 Å². The summed E-state index contributed by atoms with van der Waals surface area (Å²) in [4.78, 5) is 7.83. The Bertz CT molecular complexity index is 104. The van der Waals surface area contributed by atoms with Crippen molar-refractivity contribution in [3.05, 3.63) is 0 Å². The predicted molar refractivity (Wildman–Crippen MR) is 49.2 cm³/mol. The molecule has 0 heterocycles. The van der Waals surface area contributed by atoms with Crippen LogP contribution in [0.2, 0.25) is 0 Å². The van der Waals surface area contributed by atoms with E-state index in [4.69, 9.17) is 0 Å². The highest BCUT2D eigenvalue weighted by Crippen LogP contribution is 1.75. The minimum absolute atomic E-state index is 0.840. The third-order valence-corrected chi connectivity index (χ3v) is 0.784. The van der Waals surface area contributed by atoms with Gasteiger partial charge in [0.05, 0.1) is 0 Å². The lowest BCUT2D eigenvalue weighted by atomic mass is 10.5. The van der Waals surface area contributed by atoms with Gasteiger partial charge in [-0.25, -0.2) is 4.99 Å². The summed E-state index contributed by atoms with van der Waals surface area (Å²) in [6.07, 6.45) is 2.83. The Kier molecular flexibility index (Phi) is 13.5.